The van der Waals surface area contributed by atoms with E-state index < -0.39 is 12.0 Å². The Bertz CT molecular complexity index is 675. The zero-order valence-corrected chi connectivity index (χ0v) is 12.3. The third-order valence-electron chi connectivity index (χ3n) is 3.73. The van der Waals surface area contributed by atoms with Crippen molar-refractivity contribution in [3.63, 3.8) is 0 Å². The van der Waals surface area contributed by atoms with Gasteiger partial charge in [-0.1, -0.05) is 22.0 Å². The van der Waals surface area contributed by atoms with Crippen molar-refractivity contribution in [3.05, 3.63) is 33.9 Å². The zero-order chi connectivity index (χ0) is 13.8. The van der Waals surface area contributed by atoms with Gasteiger partial charge in [-0.05, 0) is 31.5 Å². The molecule has 2 aromatic rings. The summed E-state index contributed by atoms with van der Waals surface area (Å²) in [6.07, 6.45) is 0.510. The largest absolute Gasteiger partial charge is 0.480 e. The molecule has 1 unspecified atom stereocenters. The SMILES string of the molecule is CC1(C)NC(C(=O)O)Cc2c1[nH]c1cc(Br)ccc21. The molecule has 1 aliphatic rings. The summed E-state index contributed by atoms with van der Waals surface area (Å²) < 4.78 is 1.01. The van der Waals surface area contributed by atoms with Gasteiger partial charge in [0.2, 0.25) is 0 Å². The van der Waals surface area contributed by atoms with Crippen molar-refractivity contribution in [1.29, 1.82) is 0 Å². The molecule has 19 heavy (non-hydrogen) atoms. The predicted octanol–water partition coefficient (Wildman–Crippen LogP) is 2.76. The van der Waals surface area contributed by atoms with Crippen LogP contribution in [0, 0.1) is 0 Å². The molecule has 1 atom stereocenters. The highest BCUT2D eigenvalue weighted by molar-refractivity contribution is 9.10. The molecule has 2 heterocycles. The zero-order valence-electron chi connectivity index (χ0n) is 10.7. The van der Waals surface area contributed by atoms with Crippen LogP contribution in [0.1, 0.15) is 25.1 Å². The number of carbonyl (C=O) groups is 1. The van der Waals surface area contributed by atoms with Crippen LogP contribution in [0.3, 0.4) is 0 Å². The topological polar surface area (TPSA) is 65.1 Å². The van der Waals surface area contributed by atoms with Gasteiger partial charge in [0.25, 0.3) is 0 Å². The molecule has 0 aliphatic carbocycles. The standard InChI is InChI=1S/C14H15BrN2O2/c1-14(2)12-9(6-11(17-14)13(18)19)8-4-3-7(15)5-10(8)16-12/h3-5,11,16-17H,6H2,1-2H3,(H,18,19). The number of carboxylic acids is 1. The summed E-state index contributed by atoms with van der Waals surface area (Å²) in [5.74, 6) is -0.801. The van der Waals surface area contributed by atoms with E-state index in [1.165, 1.54) is 0 Å². The molecule has 3 rings (SSSR count). The lowest BCUT2D eigenvalue weighted by atomic mass is 9.86. The number of rotatable bonds is 1. The fourth-order valence-electron chi connectivity index (χ4n) is 2.89. The summed E-state index contributed by atoms with van der Waals surface area (Å²) in [5.41, 5.74) is 2.86. The van der Waals surface area contributed by atoms with Crippen molar-refractivity contribution in [2.45, 2.75) is 31.8 Å². The van der Waals surface area contributed by atoms with Gasteiger partial charge in [-0.2, -0.15) is 0 Å². The van der Waals surface area contributed by atoms with Gasteiger partial charge in [0.1, 0.15) is 6.04 Å². The van der Waals surface area contributed by atoms with Crippen molar-refractivity contribution in [1.82, 2.24) is 10.3 Å². The van der Waals surface area contributed by atoms with E-state index in [-0.39, 0.29) is 5.54 Å². The second kappa shape index (κ2) is 4.08. The molecule has 1 aromatic carbocycles. The van der Waals surface area contributed by atoms with Gasteiger partial charge < -0.3 is 10.1 Å². The Morgan fingerprint density at radius 2 is 2.21 bits per heavy atom. The quantitative estimate of drug-likeness (QED) is 0.756. The highest BCUT2D eigenvalue weighted by Gasteiger charge is 2.37. The van der Waals surface area contributed by atoms with Gasteiger partial charge in [-0.15, -0.1) is 0 Å². The number of aromatic nitrogens is 1. The van der Waals surface area contributed by atoms with Crippen molar-refractivity contribution in [2.24, 2.45) is 0 Å². The number of hydrogen-bond donors (Lipinski definition) is 3. The van der Waals surface area contributed by atoms with Crippen molar-refractivity contribution in [3.8, 4) is 0 Å². The summed E-state index contributed by atoms with van der Waals surface area (Å²) in [5, 5.41) is 13.6. The first kappa shape index (κ1) is 12.7. The fraction of sp³-hybridized carbons (Fsp3) is 0.357. The highest BCUT2D eigenvalue weighted by atomic mass is 79.9. The van der Waals surface area contributed by atoms with Crippen LogP contribution in [0.2, 0.25) is 0 Å². The van der Waals surface area contributed by atoms with Crippen LogP contribution in [0.15, 0.2) is 22.7 Å². The molecule has 0 fully saturated rings. The predicted molar refractivity (Wildman–Crippen MR) is 77.3 cm³/mol. The molecule has 0 spiro atoms. The van der Waals surface area contributed by atoms with Gasteiger partial charge in [-0.25, -0.2) is 0 Å². The Kier molecular flexibility index (Phi) is 2.73. The summed E-state index contributed by atoms with van der Waals surface area (Å²) >= 11 is 3.46. The van der Waals surface area contributed by atoms with Gasteiger partial charge in [0.05, 0.1) is 5.54 Å². The van der Waals surface area contributed by atoms with Crippen LogP contribution in [-0.4, -0.2) is 22.1 Å². The number of aromatic amines is 1. The number of halogens is 1. The summed E-state index contributed by atoms with van der Waals surface area (Å²) in [4.78, 5) is 14.7. The number of fused-ring (bicyclic) bond motifs is 3. The van der Waals surface area contributed by atoms with E-state index in [4.69, 9.17) is 0 Å². The maximum Gasteiger partial charge on any atom is 0.321 e. The molecule has 4 nitrogen and oxygen atoms in total. The van der Waals surface area contributed by atoms with Crippen molar-refractivity contribution >= 4 is 32.8 Å². The van der Waals surface area contributed by atoms with Gasteiger partial charge in [0, 0.05) is 27.5 Å². The van der Waals surface area contributed by atoms with E-state index in [0.717, 1.165) is 26.6 Å². The number of benzene rings is 1. The first-order chi connectivity index (χ1) is 8.88. The number of hydrogen-bond acceptors (Lipinski definition) is 2. The average Bonchev–Trinajstić information content (AvgIpc) is 2.67. The second-order valence-corrected chi connectivity index (χ2v) is 6.45. The molecule has 0 amide bonds. The fourth-order valence-corrected chi connectivity index (χ4v) is 3.25. The minimum absolute atomic E-state index is 0.373. The molecular weight excluding hydrogens is 308 g/mol. The number of nitrogens with one attached hydrogen (secondary N) is 2. The smallest absolute Gasteiger partial charge is 0.321 e. The first-order valence-electron chi connectivity index (χ1n) is 6.19. The van der Waals surface area contributed by atoms with E-state index in [1.807, 2.05) is 32.0 Å². The van der Waals surface area contributed by atoms with Gasteiger partial charge in [0.15, 0.2) is 0 Å². The molecule has 0 bridgehead atoms. The van der Waals surface area contributed by atoms with E-state index >= 15 is 0 Å². The third kappa shape index (κ3) is 1.97. The van der Waals surface area contributed by atoms with Crippen molar-refractivity contribution < 1.29 is 9.90 Å². The highest BCUT2D eigenvalue weighted by Crippen LogP contribution is 2.35. The summed E-state index contributed by atoms with van der Waals surface area (Å²) in [6, 6.07) is 5.51. The molecular formula is C14H15BrN2O2. The first-order valence-corrected chi connectivity index (χ1v) is 6.99. The third-order valence-corrected chi connectivity index (χ3v) is 4.23. The maximum absolute atomic E-state index is 11.3. The van der Waals surface area contributed by atoms with Crippen LogP contribution in [0.25, 0.3) is 10.9 Å². The van der Waals surface area contributed by atoms with Crippen LogP contribution >= 0.6 is 15.9 Å². The van der Waals surface area contributed by atoms with E-state index in [1.54, 1.807) is 0 Å². The maximum atomic E-state index is 11.3. The Labute approximate surface area is 119 Å². The molecule has 0 radical (unpaired) electrons. The molecule has 0 saturated carbocycles. The Hall–Kier alpha value is -1.33. The van der Waals surface area contributed by atoms with E-state index in [0.29, 0.717) is 6.42 Å². The number of carboxylic acid groups (broad SMARTS) is 1. The van der Waals surface area contributed by atoms with E-state index in [9.17, 15) is 9.90 Å². The average molecular weight is 323 g/mol. The van der Waals surface area contributed by atoms with Gasteiger partial charge in [-0.3, -0.25) is 10.1 Å². The summed E-state index contributed by atoms with van der Waals surface area (Å²) in [7, 11) is 0. The lowest BCUT2D eigenvalue weighted by Crippen LogP contribution is -2.52. The van der Waals surface area contributed by atoms with Crippen molar-refractivity contribution in [2.75, 3.05) is 0 Å². The molecule has 1 aromatic heterocycles. The second-order valence-electron chi connectivity index (χ2n) is 5.53. The van der Waals surface area contributed by atoms with Crippen LogP contribution in [0.5, 0.6) is 0 Å². The monoisotopic (exact) mass is 322 g/mol. The minimum atomic E-state index is -0.801. The van der Waals surface area contributed by atoms with Crippen LogP contribution < -0.4 is 5.32 Å². The van der Waals surface area contributed by atoms with Crippen LogP contribution in [-0.2, 0) is 16.8 Å². The van der Waals surface area contributed by atoms with E-state index in [2.05, 4.69) is 26.2 Å². The molecule has 0 saturated heterocycles. The van der Waals surface area contributed by atoms with Crippen LogP contribution in [0.4, 0.5) is 0 Å². The molecule has 3 N–H and O–H groups in total. The molecule has 100 valence electrons. The lowest BCUT2D eigenvalue weighted by Gasteiger charge is -2.35. The number of aliphatic carboxylic acids is 1. The Morgan fingerprint density at radius 1 is 1.47 bits per heavy atom. The lowest BCUT2D eigenvalue weighted by molar-refractivity contribution is -0.140. The molecule has 1 aliphatic heterocycles. The Balaban J connectivity index is 2.23. The normalized spacial score (nSPS) is 21.3. The van der Waals surface area contributed by atoms with Gasteiger partial charge >= 0.3 is 5.97 Å². The number of H-pyrrole nitrogens is 1. The summed E-state index contributed by atoms with van der Waals surface area (Å²) in [6.45, 7) is 4.01. The Morgan fingerprint density at radius 3 is 2.89 bits per heavy atom. The molecule has 5 heteroatoms. The minimum Gasteiger partial charge on any atom is -0.480 e.